The summed E-state index contributed by atoms with van der Waals surface area (Å²) in [5, 5.41) is 12.3. The third kappa shape index (κ3) is 1.83. The molecule has 0 amide bonds. The van der Waals surface area contributed by atoms with Crippen LogP contribution in [0.3, 0.4) is 0 Å². The van der Waals surface area contributed by atoms with Crippen LogP contribution < -0.4 is 5.32 Å². The largest absolute Gasteiger partial charge is 0.480 e. The molecule has 0 aromatic heterocycles. The molecule has 1 aliphatic heterocycles. The van der Waals surface area contributed by atoms with E-state index in [-0.39, 0.29) is 0 Å². The zero-order valence-corrected chi connectivity index (χ0v) is 9.66. The molecule has 2 atom stereocenters. The second-order valence-corrected chi connectivity index (χ2v) is 4.78. The second kappa shape index (κ2) is 3.91. The Morgan fingerprint density at radius 3 is 2.75 bits per heavy atom. The molecular weight excluding hydrogens is 202 g/mol. The molecule has 3 heteroatoms. The summed E-state index contributed by atoms with van der Waals surface area (Å²) in [5.74, 6) is -0.453. The molecule has 0 bridgehead atoms. The average molecular weight is 219 g/mol. The molecule has 16 heavy (non-hydrogen) atoms. The maximum atomic E-state index is 11.1. The van der Waals surface area contributed by atoms with Crippen LogP contribution in [0.1, 0.15) is 30.4 Å². The maximum Gasteiger partial charge on any atom is 0.323 e. The number of benzene rings is 1. The number of hydrogen-bond acceptors (Lipinski definition) is 2. The number of aliphatic carboxylic acids is 1. The smallest absolute Gasteiger partial charge is 0.323 e. The molecule has 1 aromatic carbocycles. The van der Waals surface area contributed by atoms with Crippen molar-refractivity contribution < 1.29 is 9.90 Å². The first-order chi connectivity index (χ1) is 7.53. The molecule has 0 radical (unpaired) electrons. The minimum Gasteiger partial charge on any atom is -0.480 e. The molecule has 86 valence electrons. The van der Waals surface area contributed by atoms with E-state index in [1.807, 2.05) is 12.1 Å². The van der Waals surface area contributed by atoms with Gasteiger partial charge in [0.25, 0.3) is 0 Å². The van der Waals surface area contributed by atoms with Crippen molar-refractivity contribution in [2.24, 2.45) is 0 Å². The standard InChI is InChI=1S/C13H17NO2/c1-9-5-3-4-6-11(9)10-7-13(2,12(15)16)14-8-10/h3-6,10,14H,7-8H2,1-2H3,(H,15,16). The van der Waals surface area contributed by atoms with Gasteiger partial charge in [-0.2, -0.15) is 0 Å². The molecule has 0 saturated carbocycles. The Hall–Kier alpha value is -1.35. The highest BCUT2D eigenvalue weighted by atomic mass is 16.4. The van der Waals surface area contributed by atoms with Crippen molar-refractivity contribution in [3.05, 3.63) is 35.4 Å². The normalized spacial score (nSPS) is 29.2. The van der Waals surface area contributed by atoms with Gasteiger partial charge in [0.15, 0.2) is 0 Å². The lowest BCUT2D eigenvalue weighted by Gasteiger charge is -2.18. The zero-order chi connectivity index (χ0) is 11.8. The summed E-state index contributed by atoms with van der Waals surface area (Å²) in [7, 11) is 0. The Morgan fingerprint density at radius 1 is 1.50 bits per heavy atom. The molecule has 3 nitrogen and oxygen atoms in total. The molecule has 1 aromatic rings. The molecule has 1 fully saturated rings. The average Bonchev–Trinajstić information content (AvgIpc) is 2.63. The number of hydrogen-bond donors (Lipinski definition) is 2. The first kappa shape index (κ1) is 11.1. The van der Waals surface area contributed by atoms with Crippen LogP contribution in [0.5, 0.6) is 0 Å². The number of aryl methyl sites for hydroxylation is 1. The van der Waals surface area contributed by atoms with Gasteiger partial charge in [0, 0.05) is 6.54 Å². The van der Waals surface area contributed by atoms with Crippen molar-refractivity contribution in [1.29, 1.82) is 0 Å². The van der Waals surface area contributed by atoms with Crippen molar-refractivity contribution in [3.8, 4) is 0 Å². The maximum absolute atomic E-state index is 11.1. The second-order valence-electron chi connectivity index (χ2n) is 4.78. The van der Waals surface area contributed by atoms with Gasteiger partial charge in [-0.25, -0.2) is 0 Å². The summed E-state index contributed by atoms with van der Waals surface area (Å²) < 4.78 is 0. The molecule has 1 saturated heterocycles. The fourth-order valence-electron chi connectivity index (χ4n) is 2.41. The molecular formula is C13H17NO2. The van der Waals surface area contributed by atoms with Crippen molar-refractivity contribution in [2.75, 3.05) is 6.54 Å². The van der Waals surface area contributed by atoms with Gasteiger partial charge in [0.2, 0.25) is 0 Å². The van der Waals surface area contributed by atoms with Gasteiger partial charge in [-0.05, 0) is 37.3 Å². The van der Waals surface area contributed by atoms with Crippen molar-refractivity contribution in [3.63, 3.8) is 0 Å². The highest BCUT2D eigenvalue weighted by Gasteiger charge is 2.41. The van der Waals surface area contributed by atoms with Gasteiger partial charge in [-0.15, -0.1) is 0 Å². The predicted molar refractivity (Wildman–Crippen MR) is 62.6 cm³/mol. The van der Waals surface area contributed by atoms with E-state index in [0.717, 1.165) is 6.54 Å². The van der Waals surface area contributed by atoms with Gasteiger partial charge in [0.05, 0.1) is 0 Å². The fraction of sp³-hybridized carbons (Fsp3) is 0.462. The molecule has 0 spiro atoms. The van der Waals surface area contributed by atoms with Crippen LogP contribution in [0.15, 0.2) is 24.3 Å². The number of nitrogens with one attached hydrogen (secondary N) is 1. The van der Waals surface area contributed by atoms with E-state index in [9.17, 15) is 4.79 Å². The Kier molecular flexibility index (Phi) is 2.72. The highest BCUT2D eigenvalue weighted by Crippen LogP contribution is 2.33. The number of carboxylic acid groups (broad SMARTS) is 1. The summed E-state index contributed by atoms with van der Waals surface area (Å²) >= 11 is 0. The van der Waals surface area contributed by atoms with Crippen molar-refractivity contribution >= 4 is 5.97 Å². The Labute approximate surface area is 95.5 Å². The van der Waals surface area contributed by atoms with Gasteiger partial charge in [-0.1, -0.05) is 24.3 Å². The molecule has 2 N–H and O–H groups in total. The van der Waals surface area contributed by atoms with Crippen LogP contribution in [0, 0.1) is 6.92 Å². The van der Waals surface area contributed by atoms with Crippen LogP contribution in [-0.2, 0) is 4.79 Å². The molecule has 0 aliphatic carbocycles. The van der Waals surface area contributed by atoms with E-state index in [1.165, 1.54) is 11.1 Å². The first-order valence-electron chi connectivity index (χ1n) is 5.57. The summed E-state index contributed by atoms with van der Waals surface area (Å²) in [6.07, 6.45) is 0.660. The Balaban J connectivity index is 2.22. The zero-order valence-electron chi connectivity index (χ0n) is 9.66. The van der Waals surface area contributed by atoms with Gasteiger partial charge >= 0.3 is 5.97 Å². The van der Waals surface area contributed by atoms with Crippen LogP contribution in [0.2, 0.25) is 0 Å². The lowest BCUT2D eigenvalue weighted by atomic mass is 9.88. The van der Waals surface area contributed by atoms with E-state index >= 15 is 0 Å². The van der Waals surface area contributed by atoms with Gasteiger partial charge in [-0.3, -0.25) is 4.79 Å². The molecule has 2 rings (SSSR count). The number of rotatable bonds is 2. The summed E-state index contributed by atoms with van der Waals surface area (Å²) in [4.78, 5) is 11.1. The Morgan fingerprint density at radius 2 is 2.19 bits per heavy atom. The minimum atomic E-state index is -0.771. The van der Waals surface area contributed by atoms with Gasteiger partial charge < -0.3 is 10.4 Å². The van der Waals surface area contributed by atoms with E-state index in [1.54, 1.807) is 6.92 Å². The quantitative estimate of drug-likeness (QED) is 0.799. The van der Waals surface area contributed by atoms with Gasteiger partial charge in [0.1, 0.15) is 5.54 Å². The predicted octanol–water partition coefficient (Wildman–Crippen LogP) is 1.92. The van der Waals surface area contributed by atoms with Crippen LogP contribution in [0.4, 0.5) is 0 Å². The summed E-state index contributed by atoms with van der Waals surface area (Å²) in [5.41, 5.74) is 1.73. The molecule has 1 aliphatic rings. The van der Waals surface area contributed by atoms with Crippen molar-refractivity contribution in [1.82, 2.24) is 5.32 Å². The minimum absolute atomic E-state index is 0.308. The van der Waals surface area contributed by atoms with Crippen LogP contribution >= 0.6 is 0 Å². The topological polar surface area (TPSA) is 49.3 Å². The summed E-state index contributed by atoms with van der Waals surface area (Å²) in [6.45, 7) is 4.58. The Bertz CT molecular complexity index is 416. The SMILES string of the molecule is Cc1ccccc1C1CNC(C)(C(=O)O)C1. The monoisotopic (exact) mass is 219 g/mol. The third-order valence-corrected chi connectivity index (χ3v) is 3.49. The highest BCUT2D eigenvalue weighted by molar-refractivity contribution is 5.79. The fourth-order valence-corrected chi connectivity index (χ4v) is 2.41. The summed E-state index contributed by atoms with van der Waals surface area (Å²) in [6, 6.07) is 8.19. The van der Waals surface area contributed by atoms with Crippen molar-refractivity contribution in [2.45, 2.75) is 31.7 Å². The van der Waals surface area contributed by atoms with Crippen LogP contribution in [-0.4, -0.2) is 23.2 Å². The number of carbonyl (C=O) groups is 1. The van der Waals surface area contributed by atoms with E-state index in [4.69, 9.17) is 5.11 Å². The van der Waals surface area contributed by atoms with E-state index in [0.29, 0.717) is 12.3 Å². The first-order valence-corrected chi connectivity index (χ1v) is 5.57. The third-order valence-electron chi connectivity index (χ3n) is 3.49. The molecule has 2 unspecified atom stereocenters. The lowest BCUT2D eigenvalue weighted by Crippen LogP contribution is -2.44. The number of carboxylic acids is 1. The van der Waals surface area contributed by atoms with E-state index in [2.05, 4.69) is 24.4 Å². The van der Waals surface area contributed by atoms with E-state index < -0.39 is 11.5 Å². The lowest BCUT2D eigenvalue weighted by molar-refractivity contribution is -0.143. The molecule has 1 heterocycles. The van der Waals surface area contributed by atoms with Crippen LogP contribution in [0.25, 0.3) is 0 Å².